The molecule has 2 heterocycles. The van der Waals surface area contributed by atoms with E-state index in [2.05, 4.69) is 102 Å². The molecule has 0 N–H and O–H groups in total. The summed E-state index contributed by atoms with van der Waals surface area (Å²) in [6, 6.07) is 55.0. The summed E-state index contributed by atoms with van der Waals surface area (Å²) in [6.07, 6.45) is 0. The fraction of sp³-hybridized carbons (Fsp3) is 0.0909. The van der Waals surface area contributed by atoms with Crippen LogP contribution in [0.5, 0.6) is 0 Å². The molecule has 6 aromatic carbocycles. The molecule has 0 atom stereocenters. The van der Waals surface area contributed by atoms with E-state index in [0.717, 1.165) is 33.4 Å². The van der Waals surface area contributed by atoms with Crippen molar-refractivity contribution in [3.05, 3.63) is 169 Å². The fourth-order valence-corrected chi connectivity index (χ4v) is 5.48. The standard InChI is InChI=1S/C24H22N2O.C20H14N2O/c1-24(2,3)21-15-13-20(14-16-21)23-26-25-22(27-23)19-11-9-18(10-12-19)17-7-5-4-6-8-17;1-3-7-15(8-4-1)16-11-13-18(14-12-16)20-22-21-19(23-20)17-9-5-2-6-10-17/h4-16H,1-3H3;1-14H. The highest BCUT2D eigenvalue weighted by molar-refractivity contribution is 5.69. The summed E-state index contributed by atoms with van der Waals surface area (Å²) in [5, 5.41) is 16.7. The van der Waals surface area contributed by atoms with Gasteiger partial charge >= 0.3 is 0 Å². The summed E-state index contributed by atoms with van der Waals surface area (Å²) in [5.74, 6) is 2.14. The van der Waals surface area contributed by atoms with Crippen LogP contribution in [0.2, 0.25) is 0 Å². The molecule has 0 saturated heterocycles. The number of aromatic nitrogens is 4. The normalized spacial score (nSPS) is 11.1. The van der Waals surface area contributed by atoms with Crippen molar-refractivity contribution >= 4 is 0 Å². The quantitative estimate of drug-likeness (QED) is 0.178. The molecule has 2 aromatic heterocycles. The second-order valence-electron chi connectivity index (χ2n) is 12.9. The predicted octanol–water partition coefficient (Wildman–Crippen LogP) is 11.4. The molecule has 244 valence electrons. The van der Waals surface area contributed by atoms with Gasteiger partial charge in [0.25, 0.3) is 0 Å². The highest BCUT2D eigenvalue weighted by atomic mass is 16.4. The van der Waals surface area contributed by atoms with Crippen LogP contribution >= 0.6 is 0 Å². The van der Waals surface area contributed by atoms with Gasteiger partial charge in [0, 0.05) is 22.3 Å². The molecule has 0 amide bonds. The van der Waals surface area contributed by atoms with Crippen LogP contribution in [0.4, 0.5) is 0 Å². The zero-order chi connectivity index (χ0) is 34.3. The Balaban J connectivity index is 0.000000159. The largest absolute Gasteiger partial charge is 0.416 e. The lowest BCUT2D eigenvalue weighted by atomic mass is 9.87. The van der Waals surface area contributed by atoms with Crippen LogP contribution in [0.15, 0.2) is 173 Å². The molecule has 0 saturated carbocycles. The number of hydrogen-bond donors (Lipinski definition) is 0. The topological polar surface area (TPSA) is 77.8 Å². The molecule has 0 spiro atoms. The van der Waals surface area contributed by atoms with Crippen LogP contribution < -0.4 is 0 Å². The van der Waals surface area contributed by atoms with Gasteiger partial charge in [0.1, 0.15) is 0 Å². The Morgan fingerprint density at radius 1 is 0.300 bits per heavy atom. The summed E-state index contributed by atoms with van der Waals surface area (Å²) in [4.78, 5) is 0. The lowest BCUT2D eigenvalue weighted by Crippen LogP contribution is -2.10. The Kier molecular flexibility index (Phi) is 9.25. The number of rotatable bonds is 6. The number of hydrogen-bond acceptors (Lipinski definition) is 6. The monoisotopic (exact) mass is 652 g/mol. The minimum atomic E-state index is 0.124. The lowest BCUT2D eigenvalue weighted by Gasteiger charge is -2.18. The van der Waals surface area contributed by atoms with Crippen LogP contribution in [-0.2, 0) is 5.41 Å². The fourth-order valence-electron chi connectivity index (χ4n) is 5.48. The average molecular weight is 653 g/mol. The first kappa shape index (κ1) is 32.2. The SMILES string of the molecule is CC(C)(C)c1ccc(-c2nnc(-c3ccc(-c4ccccc4)cc3)o2)cc1.c1ccc(-c2ccc(-c3nnc(-c4ccccc4)o3)cc2)cc1. The Labute approximate surface area is 292 Å². The van der Waals surface area contributed by atoms with E-state index in [1.165, 1.54) is 16.7 Å². The van der Waals surface area contributed by atoms with Gasteiger partial charge in [0.05, 0.1) is 0 Å². The molecule has 0 fully saturated rings. The van der Waals surface area contributed by atoms with Gasteiger partial charge in [-0.3, -0.25) is 0 Å². The summed E-state index contributed by atoms with van der Waals surface area (Å²) in [7, 11) is 0. The van der Waals surface area contributed by atoms with Gasteiger partial charge in [0.2, 0.25) is 23.6 Å². The minimum absolute atomic E-state index is 0.124. The average Bonchev–Trinajstić information content (AvgIpc) is 3.88. The first-order valence-electron chi connectivity index (χ1n) is 16.6. The third-order valence-electron chi connectivity index (χ3n) is 8.35. The molecule has 8 aromatic rings. The molecule has 6 heteroatoms. The van der Waals surface area contributed by atoms with Gasteiger partial charge in [-0.05, 0) is 81.8 Å². The van der Waals surface area contributed by atoms with Crippen molar-refractivity contribution in [3.63, 3.8) is 0 Å². The van der Waals surface area contributed by atoms with E-state index in [0.29, 0.717) is 23.6 Å². The van der Waals surface area contributed by atoms with E-state index >= 15 is 0 Å². The molecule has 50 heavy (non-hydrogen) atoms. The Bertz CT molecular complexity index is 2250. The Morgan fingerprint density at radius 2 is 0.540 bits per heavy atom. The van der Waals surface area contributed by atoms with Gasteiger partial charge < -0.3 is 8.83 Å². The molecule has 6 nitrogen and oxygen atoms in total. The first-order chi connectivity index (χ1) is 24.4. The van der Waals surface area contributed by atoms with E-state index in [1.807, 2.05) is 103 Å². The third-order valence-corrected chi connectivity index (χ3v) is 8.35. The maximum absolute atomic E-state index is 5.90. The van der Waals surface area contributed by atoms with Crippen molar-refractivity contribution in [2.75, 3.05) is 0 Å². The molecular formula is C44H36N4O2. The van der Waals surface area contributed by atoms with Gasteiger partial charge in [-0.15, -0.1) is 20.4 Å². The highest BCUT2D eigenvalue weighted by Gasteiger charge is 2.15. The van der Waals surface area contributed by atoms with Crippen LogP contribution in [0.3, 0.4) is 0 Å². The minimum Gasteiger partial charge on any atom is -0.416 e. The van der Waals surface area contributed by atoms with Crippen molar-refractivity contribution in [2.24, 2.45) is 0 Å². The number of nitrogens with zero attached hydrogens (tertiary/aromatic N) is 4. The number of benzene rings is 6. The van der Waals surface area contributed by atoms with E-state index in [-0.39, 0.29) is 5.41 Å². The lowest BCUT2D eigenvalue weighted by molar-refractivity contribution is 0.582. The van der Waals surface area contributed by atoms with Gasteiger partial charge in [-0.1, -0.05) is 136 Å². The van der Waals surface area contributed by atoms with Crippen LogP contribution in [-0.4, -0.2) is 20.4 Å². The Morgan fingerprint density at radius 3 is 0.860 bits per heavy atom. The zero-order valence-corrected chi connectivity index (χ0v) is 28.2. The maximum Gasteiger partial charge on any atom is 0.248 e. The summed E-state index contributed by atoms with van der Waals surface area (Å²) in [6.45, 7) is 6.60. The third kappa shape index (κ3) is 7.50. The van der Waals surface area contributed by atoms with Gasteiger partial charge in [0.15, 0.2) is 0 Å². The molecule has 0 aliphatic rings. The van der Waals surface area contributed by atoms with Gasteiger partial charge in [-0.25, -0.2) is 0 Å². The first-order valence-corrected chi connectivity index (χ1v) is 16.6. The molecule has 0 aliphatic carbocycles. The predicted molar refractivity (Wildman–Crippen MR) is 200 cm³/mol. The van der Waals surface area contributed by atoms with E-state index in [9.17, 15) is 0 Å². The van der Waals surface area contributed by atoms with E-state index < -0.39 is 0 Å². The molecular weight excluding hydrogens is 617 g/mol. The smallest absolute Gasteiger partial charge is 0.248 e. The van der Waals surface area contributed by atoms with Crippen LogP contribution in [0.25, 0.3) is 68.1 Å². The van der Waals surface area contributed by atoms with Crippen molar-refractivity contribution < 1.29 is 8.83 Å². The van der Waals surface area contributed by atoms with Crippen LogP contribution in [0, 0.1) is 0 Å². The molecule has 0 radical (unpaired) electrons. The highest BCUT2D eigenvalue weighted by Crippen LogP contribution is 2.30. The van der Waals surface area contributed by atoms with Crippen molar-refractivity contribution in [1.29, 1.82) is 0 Å². The summed E-state index contributed by atoms with van der Waals surface area (Å²) in [5.41, 5.74) is 9.80. The van der Waals surface area contributed by atoms with Crippen molar-refractivity contribution in [1.82, 2.24) is 20.4 Å². The molecule has 0 aliphatic heterocycles. The van der Waals surface area contributed by atoms with E-state index in [1.54, 1.807) is 0 Å². The maximum atomic E-state index is 5.90. The van der Waals surface area contributed by atoms with E-state index in [4.69, 9.17) is 8.83 Å². The second kappa shape index (κ2) is 14.4. The molecule has 0 bridgehead atoms. The van der Waals surface area contributed by atoms with Crippen molar-refractivity contribution in [2.45, 2.75) is 26.2 Å². The summed E-state index contributed by atoms with van der Waals surface area (Å²) < 4.78 is 11.7. The van der Waals surface area contributed by atoms with Crippen LogP contribution in [0.1, 0.15) is 26.3 Å². The Hall–Kier alpha value is -6.40. The van der Waals surface area contributed by atoms with Crippen molar-refractivity contribution in [3.8, 4) is 68.1 Å². The molecule has 8 rings (SSSR count). The van der Waals surface area contributed by atoms with Gasteiger partial charge in [-0.2, -0.15) is 0 Å². The summed E-state index contributed by atoms with van der Waals surface area (Å²) >= 11 is 0. The zero-order valence-electron chi connectivity index (χ0n) is 28.2. The second-order valence-corrected chi connectivity index (χ2v) is 12.9. The molecule has 0 unspecified atom stereocenters.